The lowest BCUT2D eigenvalue weighted by Gasteiger charge is -2.53. The van der Waals surface area contributed by atoms with Gasteiger partial charge in [0.2, 0.25) is 0 Å². The second-order valence-corrected chi connectivity index (χ2v) is 7.19. The summed E-state index contributed by atoms with van der Waals surface area (Å²) in [4.78, 5) is 5.42. The van der Waals surface area contributed by atoms with Crippen LogP contribution in [0.3, 0.4) is 0 Å². The number of ether oxygens (including phenoxy) is 1. The number of rotatable bonds is 3. The van der Waals surface area contributed by atoms with Gasteiger partial charge in [-0.3, -0.25) is 9.80 Å². The maximum Gasteiger partial charge on any atom is 0.0633 e. The Bertz CT molecular complexity index is 285. The van der Waals surface area contributed by atoms with Crippen LogP contribution < -0.4 is 0 Å². The van der Waals surface area contributed by atoms with Gasteiger partial charge >= 0.3 is 0 Å². The maximum absolute atomic E-state index is 5.52. The summed E-state index contributed by atoms with van der Waals surface area (Å²) >= 11 is 0. The highest BCUT2D eigenvalue weighted by atomic mass is 16.5. The number of piperazine rings is 1. The molecular formula is C15H30N2O. The van der Waals surface area contributed by atoms with Gasteiger partial charge in [-0.1, -0.05) is 0 Å². The molecule has 3 heteroatoms. The van der Waals surface area contributed by atoms with Crippen molar-refractivity contribution in [2.24, 2.45) is 0 Å². The van der Waals surface area contributed by atoms with Crippen molar-refractivity contribution in [3.63, 3.8) is 0 Å². The fourth-order valence-electron chi connectivity index (χ4n) is 4.03. The van der Waals surface area contributed by atoms with E-state index in [4.69, 9.17) is 4.74 Å². The molecule has 0 spiro atoms. The van der Waals surface area contributed by atoms with E-state index >= 15 is 0 Å². The number of methoxy groups -OCH3 is 1. The number of fused-ring (bicyclic) bond motifs is 2. The van der Waals surface area contributed by atoms with E-state index in [-0.39, 0.29) is 5.54 Å². The third-order valence-corrected chi connectivity index (χ3v) is 4.65. The smallest absolute Gasteiger partial charge is 0.0633 e. The Hall–Kier alpha value is -0.120. The SMILES string of the molecule is COCC1C2CCC(CN1C(C)(C)C)N2C(C)C. The Morgan fingerprint density at radius 2 is 1.89 bits per heavy atom. The summed E-state index contributed by atoms with van der Waals surface area (Å²) in [5.41, 5.74) is 0.243. The molecule has 0 amide bonds. The maximum atomic E-state index is 5.52. The number of likely N-dealkylation sites (tertiary alicyclic amines) is 1. The summed E-state index contributed by atoms with van der Waals surface area (Å²) in [6.07, 6.45) is 2.69. The van der Waals surface area contributed by atoms with Gasteiger partial charge in [-0.25, -0.2) is 0 Å². The van der Waals surface area contributed by atoms with Crippen molar-refractivity contribution in [1.29, 1.82) is 0 Å². The van der Waals surface area contributed by atoms with E-state index in [1.807, 2.05) is 7.11 Å². The first kappa shape index (κ1) is 14.3. The molecule has 0 N–H and O–H groups in total. The van der Waals surface area contributed by atoms with Crippen molar-refractivity contribution in [1.82, 2.24) is 9.80 Å². The van der Waals surface area contributed by atoms with E-state index in [2.05, 4.69) is 44.4 Å². The molecule has 2 aliphatic heterocycles. The highest BCUT2D eigenvalue weighted by molar-refractivity contribution is 5.05. The molecule has 2 aliphatic rings. The van der Waals surface area contributed by atoms with E-state index in [1.54, 1.807) is 0 Å². The molecule has 0 radical (unpaired) electrons. The molecule has 18 heavy (non-hydrogen) atoms. The average molecular weight is 254 g/mol. The summed E-state index contributed by atoms with van der Waals surface area (Å²) in [7, 11) is 1.83. The van der Waals surface area contributed by atoms with Gasteiger partial charge in [0.05, 0.1) is 6.61 Å². The van der Waals surface area contributed by atoms with Gasteiger partial charge in [-0.15, -0.1) is 0 Å². The molecule has 2 saturated heterocycles. The Balaban J connectivity index is 2.23. The molecule has 2 bridgehead atoms. The topological polar surface area (TPSA) is 15.7 Å². The fourth-order valence-corrected chi connectivity index (χ4v) is 4.03. The van der Waals surface area contributed by atoms with Crippen molar-refractivity contribution in [3.05, 3.63) is 0 Å². The Morgan fingerprint density at radius 1 is 1.22 bits per heavy atom. The number of hydrogen-bond acceptors (Lipinski definition) is 3. The van der Waals surface area contributed by atoms with Crippen molar-refractivity contribution in [2.75, 3.05) is 20.3 Å². The Morgan fingerprint density at radius 3 is 2.39 bits per heavy atom. The van der Waals surface area contributed by atoms with Crippen LogP contribution in [-0.4, -0.2) is 59.8 Å². The zero-order valence-electron chi connectivity index (χ0n) is 12.9. The van der Waals surface area contributed by atoms with Crippen molar-refractivity contribution >= 4 is 0 Å². The molecule has 0 aliphatic carbocycles. The van der Waals surface area contributed by atoms with Crippen LogP contribution in [0.2, 0.25) is 0 Å². The molecule has 2 fully saturated rings. The van der Waals surface area contributed by atoms with Gasteiger partial charge in [0, 0.05) is 43.4 Å². The second-order valence-electron chi connectivity index (χ2n) is 7.19. The van der Waals surface area contributed by atoms with Crippen LogP contribution in [0, 0.1) is 0 Å². The molecule has 2 rings (SSSR count). The van der Waals surface area contributed by atoms with Crippen molar-refractivity contribution in [3.8, 4) is 0 Å². The predicted molar refractivity (Wildman–Crippen MR) is 75.9 cm³/mol. The summed E-state index contributed by atoms with van der Waals surface area (Å²) in [5, 5.41) is 0. The van der Waals surface area contributed by atoms with Crippen molar-refractivity contribution in [2.45, 2.75) is 77.2 Å². The highest BCUT2D eigenvalue weighted by Gasteiger charge is 2.49. The summed E-state index contributed by atoms with van der Waals surface area (Å²) in [5.74, 6) is 0. The van der Waals surface area contributed by atoms with Gasteiger partial charge in [0.15, 0.2) is 0 Å². The third-order valence-electron chi connectivity index (χ3n) is 4.65. The third kappa shape index (κ3) is 2.45. The van der Waals surface area contributed by atoms with Gasteiger partial charge in [-0.05, 0) is 47.5 Å². The second kappa shape index (κ2) is 5.10. The van der Waals surface area contributed by atoms with E-state index in [0.29, 0.717) is 18.1 Å². The summed E-state index contributed by atoms with van der Waals surface area (Å²) in [6.45, 7) is 13.7. The van der Waals surface area contributed by atoms with Crippen LogP contribution in [-0.2, 0) is 4.74 Å². The van der Waals surface area contributed by atoms with Gasteiger partial charge in [0.1, 0.15) is 0 Å². The number of nitrogens with zero attached hydrogens (tertiary/aromatic N) is 2. The molecule has 3 unspecified atom stereocenters. The van der Waals surface area contributed by atoms with E-state index in [1.165, 1.54) is 19.4 Å². The molecule has 0 aromatic heterocycles. The zero-order chi connectivity index (χ0) is 13.5. The first-order chi connectivity index (χ1) is 8.36. The van der Waals surface area contributed by atoms with Crippen LogP contribution in [0.5, 0.6) is 0 Å². The molecule has 0 aromatic carbocycles. The van der Waals surface area contributed by atoms with E-state index in [9.17, 15) is 0 Å². The molecule has 0 aromatic rings. The molecule has 2 heterocycles. The molecule has 0 saturated carbocycles. The molecule has 106 valence electrons. The van der Waals surface area contributed by atoms with Crippen LogP contribution in [0.1, 0.15) is 47.5 Å². The van der Waals surface area contributed by atoms with Crippen LogP contribution in [0.4, 0.5) is 0 Å². The van der Waals surface area contributed by atoms with Gasteiger partial charge in [-0.2, -0.15) is 0 Å². The average Bonchev–Trinajstić information content (AvgIpc) is 2.57. The number of hydrogen-bond donors (Lipinski definition) is 0. The fraction of sp³-hybridized carbons (Fsp3) is 1.00. The monoisotopic (exact) mass is 254 g/mol. The standard InChI is InChI=1S/C15H30N2O/c1-11(2)17-12-7-8-13(17)14(10-18-6)16(9-12)15(3,4)5/h11-14H,7-10H2,1-6H3. The molecular weight excluding hydrogens is 224 g/mol. The van der Waals surface area contributed by atoms with Crippen LogP contribution >= 0.6 is 0 Å². The minimum absolute atomic E-state index is 0.243. The van der Waals surface area contributed by atoms with E-state index in [0.717, 1.165) is 12.6 Å². The van der Waals surface area contributed by atoms with Gasteiger partial charge < -0.3 is 4.74 Å². The van der Waals surface area contributed by atoms with Gasteiger partial charge in [0.25, 0.3) is 0 Å². The lowest BCUT2D eigenvalue weighted by Crippen LogP contribution is -2.66. The zero-order valence-corrected chi connectivity index (χ0v) is 12.9. The van der Waals surface area contributed by atoms with Crippen LogP contribution in [0.25, 0.3) is 0 Å². The first-order valence-corrected chi connectivity index (χ1v) is 7.39. The predicted octanol–water partition coefficient (Wildman–Crippen LogP) is 2.36. The summed E-state index contributed by atoms with van der Waals surface area (Å²) < 4.78 is 5.52. The highest BCUT2D eigenvalue weighted by Crippen LogP contribution is 2.38. The lowest BCUT2D eigenvalue weighted by atomic mass is 9.95. The molecule has 3 nitrogen and oxygen atoms in total. The van der Waals surface area contributed by atoms with Crippen molar-refractivity contribution < 1.29 is 4.74 Å². The first-order valence-electron chi connectivity index (χ1n) is 7.39. The normalized spacial score (nSPS) is 34.5. The minimum atomic E-state index is 0.243. The minimum Gasteiger partial charge on any atom is -0.383 e. The summed E-state index contributed by atoms with van der Waals surface area (Å²) in [6, 6.07) is 2.64. The molecule has 3 atom stereocenters. The van der Waals surface area contributed by atoms with Crippen LogP contribution in [0.15, 0.2) is 0 Å². The Kier molecular flexibility index (Phi) is 4.05. The quantitative estimate of drug-likeness (QED) is 0.769. The van der Waals surface area contributed by atoms with E-state index < -0.39 is 0 Å². The largest absolute Gasteiger partial charge is 0.383 e. The lowest BCUT2D eigenvalue weighted by molar-refractivity contribution is -0.0692. The Labute approximate surface area is 112 Å².